The standard InChI is InChI=1S/C23H26N4O2S/c1-14(2)17-9-11-19(12-10-17)22-26-27-23(30-22)25-21(29)13-20(24-16(4)28)18-7-5-15(3)6-8-18/h5-12,14,20H,13H2,1-4H3,(H,24,28)(H,25,27,29). The molecule has 1 aromatic heterocycles. The van der Waals surface area contributed by atoms with Gasteiger partial charge in [0.15, 0.2) is 0 Å². The summed E-state index contributed by atoms with van der Waals surface area (Å²) in [5.74, 6) is 0.0528. The molecule has 0 aliphatic heterocycles. The van der Waals surface area contributed by atoms with E-state index in [-0.39, 0.29) is 18.2 Å². The zero-order chi connectivity index (χ0) is 21.7. The first-order chi connectivity index (χ1) is 14.3. The maximum Gasteiger partial charge on any atom is 0.228 e. The number of amides is 2. The van der Waals surface area contributed by atoms with Crippen LogP contribution in [0.4, 0.5) is 5.13 Å². The molecule has 0 spiro atoms. The summed E-state index contributed by atoms with van der Waals surface area (Å²) in [6.45, 7) is 7.74. The summed E-state index contributed by atoms with van der Waals surface area (Å²) in [6.07, 6.45) is 0.112. The van der Waals surface area contributed by atoms with Gasteiger partial charge in [-0.15, -0.1) is 10.2 Å². The molecule has 2 amide bonds. The van der Waals surface area contributed by atoms with Crippen molar-refractivity contribution in [3.05, 3.63) is 65.2 Å². The Morgan fingerprint density at radius 2 is 1.60 bits per heavy atom. The first-order valence-corrected chi connectivity index (χ1v) is 10.7. The number of rotatable bonds is 7. The fourth-order valence-corrected chi connectivity index (χ4v) is 3.82. The maximum atomic E-state index is 12.6. The predicted molar refractivity (Wildman–Crippen MR) is 120 cm³/mol. The largest absolute Gasteiger partial charge is 0.349 e. The number of hydrogen-bond donors (Lipinski definition) is 2. The summed E-state index contributed by atoms with van der Waals surface area (Å²) in [6, 6.07) is 15.6. The fraction of sp³-hybridized carbons (Fsp3) is 0.304. The number of anilines is 1. The van der Waals surface area contributed by atoms with Crippen molar-refractivity contribution in [3.63, 3.8) is 0 Å². The van der Waals surface area contributed by atoms with Crippen LogP contribution in [0.2, 0.25) is 0 Å². The van der Waals surface area contributed by atoms with Crippen LogP contribution in [-0.2, 0) is 9.59 Å². The van der Waals surface area contributed by atoms with Crippen LogP contribution in [0.5, 0.6) is 0 Å². The lowest BCUT2D eigenvalue weighted by molar-refractivity contribution is -0.120. The van der Waals surface area contributed by atoms with Crippen LogP contribution >= 0.6 is 11.3 Å². The Balaban J connectivity index is 1.67. The first kappa shape index (κ1) is 21.6. The molecule has 1 atom stereocenters. The number of aryl methyl sites for hydroxylation is 1. The zero-order valence-electron chi connectivity index (χ0n) is 17.6. The van der Waals surface area contributed by atoms with E-state index in [9.17, 15) is 9.59 Å². The lowest BCUT2D eigenvalue weighted by atomic mass is 10.0. The number of carbonyl (C=O) groups is 2. The van der Waals surface area contributed by atoms with E-state index in [2.05, 4.69) is 46.8 Å². The molecule has 1 unspecified atom stereocenters. The van der Waals surface area contributed by atoms with Gasteiger partial charge in [-0.05, 0) is 24.0 Å². The topological polar surface area (TPSA) is 84.0 Å². The van der Waals surface area contributed by atoms with E-state index in [1.807, 2.05) is 43.3 Å². The quantitative estimate of drug-likeness (QED) is 0.570. The summed E-state index contributed by atoms with van der Waals surface area (Å²) in [4.78, 5) is 24.2. The molecule has 2 aromatic carbocycles. The van der Waals surface area contributed by atoms with Crippen LogP contribution in [0.3, 0.4) is 0 Å². The van der Waals surface area contributed by atoms with Crippen LogP contribution in [-0.4, -0.2) is 22.0 Å². The van der Waals surface area contributed by atoms with Gasteiger partial charge >= 0.3 is 0 Å². The monoisotopic (exact) mass is 422 g/mol. The minimum absolute atomic E-state index is 0.112. The highest BCUT2D eigenvalue weighted by Gasteiger charge is 2.18. The maximum absolute atomic E-state index is 12.6. The Morgan fingerprint density at radius 1 is 0.967 bits per heavy atom. The molecule has 0 saturated heterocycles. The van der Waals surface area contributed by atoms with Crippen molar-refractivity contribution in [2.45, 2.75) is 46.1 Å². The van der Waals surface area contributed by atoms with Gasteiger partial charge in [0.1, 0.15) is 5.01 Å². The summed E-state index contributed by atoms with van der Waals surface area (Å²) in [7, 11) is 0. The van der Waals surface area contributed by atoms with Gasteiger partial charge in [0, 0.05) is 12.5 Å². The number of aromatic nitrogens is 2. The molecule has 30 heavy (non-hydrogen) atoms. The van der Waals surface area contributed by atoms with Crippen molar-refractivity contribution in [1.82, 2.24) is 15.5 Å². The first-order valence-electron chi connectivity index (χ1n) is 9.89. The van der Waals surface area contributed by atoms with Gasteiger partial charge in [0.25, 0.3) is 0 Å². The molecule has 3 rings (SSSR count). The highest BCUT2D eigenvalue weighted by atomic mass is 32.1. The molecule has 3 aromatic rings. The number of carbonyl (C=O) groups excluding carboxylic acids is 2. The molecule has 0 aliphatic carbocycles. The van der Waals surface area contributed by atoms with Crippen molar-refractivity contribution in [2.75, 3.05) is 5.32 Å². The van der Waals surface area contributed by atoms with Gasteiger partial charge in [-0.2, -0.15) is 0 Å². The van der Waals surface area contributed by atoms with Crippen LogP contribution in [0.15, 0.2) is 48.5 Å². The zero-order valence-corrected chi connectivity index (χ0v) is 18.4. The highest BCUT2D eigenvalue weighted by Crippen LogP contribution is 2.28. The minimum Gasteiger partial charge on any atom is -0.349 e. The van der Waals surface area contributed by atoms with Gasteiger partial charge in [0.05, 0.1) is 12.5 Å². The minimum atomic E-state index is -0.404. The second kappa shape index (κ2) is 9.63. The Hall–Kier alpha value is -3.06. The molecule has 0 fully saturated rings. The number of benzene rings is 2. The molecule has 2 N–H and O–H groups in total. The smallest absolute Gasteiger partial charge is 0.228 e. The molecule has 0 saturated carbocycles. The molecule has 1 heterocycles. The predicted octanol–water partition coefficient (Wildman–Crippen LogP) is 4.84. The normalized spacial score (nSPS) is 11.9. The second-order valence-electron chi connectivity index (χ2n) is 7.61. The van der Waals surface area contributed by atoms with Crippen LogP contribution in [0, 0.1) is 6.92 Å². The molecule has 156 valence electrons. The van der Waals surface area contributed by atoms with E-state index in [1.165, 1.54) is 23.8 Å². The van der Waals surface area contributed by atoms with E-state index in [1.54, 1.807) is 0 Å². The fourth-order valence-electron chi connectivity index (χ4n) is 3.05. The molecule has 0 aliphatic rings. The Labute approximate surface area is 180 Å². The summed E-state index contributed by atoms with van der Waals surface area (Å²) in [5, 5.41) is 15.1. The van der Waals surface area contributed by atoms with Gasteiger partial charge in [-0.3, -0.25) is 9.59 Å². The average molecular weight is 423 g/mol. The van der Waals surface area contributed by atoms with E-state index in [4.69, 9.17) is 0 Å². The lowest BCUT2D eigenvalue weighted by Crippen LogP contribution is -2.29. The van der Waals surface area contributed by atoms with Crippen molar-refractivity contribution >= 4 is 28.3 Å². The third kappa shape index (κ3) is 5.73. The molecular formula is C23H26N4O2S. The Kier molecular flexibility index (Phi) is 6.95. The summed E-state index contributed by atoms with van der Waals surface area (Å²) >= 11 is 1.33. The third-order valence-corrected chi connectivity index (χ3v) is 5.63. The van der Waals surface area contributed by atoms with E-state index in [0.717, 1.165) is 21.7 Å². The molecule has 0 bridgehead atoms. The summed E-state index contributed by atoms with van der Waals surface area (Å²) < 4.78 is 0. The van der Waals surface area contributed by atoms with Gasteiger partial charge in [-0.1, -0.05) is 79.3 Å². The molecular weight excluding hydrogens is 396 g/mol. The number of nitrogens with zero attached hydrogens (tertiary/aromatic N) is 2. The van der Waals surface area contributed by atoms with Crippen LogP contribution in [0.1, 0.15) is 55.8 Å². The molecule has 7 heteroatoms. The molecule has 0 radical (unpaired) electrons. The number of nitrogens with one attached hydrogen (secondary N) is 2. The van der Waals surface area contributed by atoms with Crippen molar-refractivity contribution < 1.29 is 9.59 Å². The SMILES string of the molecule is CC(=O)NC(CC(=O)Nc1nnc(-c2ccc(C(C)C)cc2)s1)c1ccc(C)cc1. The van der Waals surface area contributed by atoms with Gasteiger partial charge in [-0.25, -0.2) is 0 Å². The summed E-state index contributed by atoms with van der Waals surface area (Å²) in [5.41, 5.74) is 4.23. The van der Waals surface area contributed by atoms with Gasteiger partial charge in [0.2, 0.25) is 16.9 Å². The van der Waals surface area contributed by atoms with Crippen LogP contribution in [0.25, 0.3) is 10.6 Å². The van der Waals surface area contributed by atoms with Crippen molar-refractivity contribution in [3.8, 4) is 10.6 Å². The van der Waals surface area contributed by atoms with Crippen molar-refractivity contribution in [1.29, 1.82) is 0 Å². The van der Waals surface area contributed by atoms with Crippen LogP contribution < -0.4 is 10.6 Å². The number of hydrogen-bond acceptors (Lipinski definition) is 5. The van der Waals surface area contributed by atoms with E-state index in [0.29, 0.717) is 11.0 Å². The second-order valence-corrected chi connectivity index (χ2v) is 8.58. The Bertz CT molecular complexity index is 1010. The molecule has 6 nitrogen and oxygen atoms in total. The van der Waals surface area contributed by atoms with E-state index < -0.39 is 6.04 Å². The third-order valence-electron chi connectivity index (χ3n) is 4.74. The van der Waals surface area contributed by atoms with E-state index >= 15 is 0 Å². The average Bonchev–Trinajstić information content (AvgIpc) is 3.16. The van der Waals surface area contributed by atoms with Crippen molar-refractivity contribution in [2.24, 2.45) is 0 Å². The highest BCUT2D eigenvalue weighted by molar-refractivity contribution is 7.18. The Morgan fingerprint density at radius 3 is 2.20 bits per heavy atom. The van der Waals surface area contributed by atoms with Gasteiger partial charge < -0.3 is 10.6 Å². The lowest BCUT2D eigenvalue weighted by Gasteiger charge is -2.18.